The number of aryl methyl sites for hydroxylation is 1. The van der Waals surface area contributed by atoms with Crippen LogP contribution in [0.15, 0.2) is 15.4 Å². The van der Waals surface area contributed by atoms with Gasteiger partial charge < -0.3 is 10.3 Å². The zero-order valence-corrected chi connectivity index (χ0v) is 10.5. The van der Waals surface area contributed by atoms with Crippen LogP contribution in [0.25, 0.3) is 0 Å². The van der Waals surface area contributed by atoms with E-state index >= 15 is 0 Å². The van der Waals surface area contributed by atoms with Gasteiger partial charge in [-0.05, 0) is 20.8 Å². The van der Waals surface area contributed by atoms with Crippen LogP contribution in [0.2, 0.25) is 0 Å². The van der Waals surface area contributed by atoms with Crippen molar-refractivity contribution in [1.82, 2.24) is 4.74 Å². The number of hydrogen-bond acceptors (Lipinski definition) is 5. The zero-order chi connectivity index (χ0) is 12.3. The van der Waals surface area contributed by atoms with Crippen LogP contribution in [0.3, 0.4) is 0 Å². The van der Waals surface area contributed by atoms with Gasteiger partial charge in [-0.1, -0.05) is 0 Å². The lowest BCUT2D eigenvalue weighted by molar-refractivity contribution is 0.0813. The molecule has 0 amide bonds. The third kappa shape index (κ3) is 3.86. The van der Waals surface area contributed by atoms with Gasteiger partial charge in [-0.15, -0.1) is 16.5 Å². The molecule has 16 heavy (non-hydrogen) atoms. The van der Waals surface area contributed by atoms with Gasteiger partial charge in [0, 0.05) is 17.4 Å². The van der Waals surface area contributed by atoms with E-state index in [1.165, 1.54) is 17.8 Å². The van der Waals surface area contributed by atoms with Crippen molar-refractivity contribution in [2.75, 3.05) is 11.5 Å². The molecule has 0 atom stereocenters. The van der Waals surface area contributed by atoms with E-state index in [-0.39, 0.29) is 17.2 Å². The number of nitrogens with two attached hydrogens (primary N) is 1. The summed E-state index contributed by atoms with van der Waals surface area (Å²) in [4.78, 5) is 22.8. The Hall–Kier alpha value is -1.01. The number of carbonyl (C=O) groups excluding carboxylic acids is 1. The molecule has 6 heteroatoms. The maximum Gasteiger partial charge on any atom is 0.290 e. The number of thioether (sulfide) groups is 1. The fourth-order valence-corrected chi connectivity index (χ4v) is 2.00. The first kappa shape index (κ1) is 13.1. The van der Waals surface area contributed by atoms with Gasteiger partial charge in [0.15, 0.2) is 0 Å². The summed E-state index contributed by atoms with van der Waals surface area (Å²) in [5, 5.41) is 0. The monoisotopic (exact) mass is 244 g/mol. The summed E-state index contributed by atoms with van der Waals surface area (Å²) in [6, 6.07) is 1.29. The van der Waals surface area contributed by atoms with Crippen LogP contribution in [0.4, 0.5) is 0 Å². The van der Waals surface area contributed by atoms with Crippen molar-refractivity contribution >= 4 is 17.7 Å². The molecular weight excluding hydrogens is 228 g/mol. The molecule has 1 heterocycles. The maximum atomic E-state index is 11.6. The van der Waals surface area contributed by atoms with E-state index in [1.807, 2.05) is 13.8 Å². The fourth-order valence-electron chi connectivity index (χ4n) is 1.08. The Morgan fingerprint density at radius 2 is 2.25 bits per heavy atom. The first-order valence-electron chi connectivity index (χ1n) is 4.89. The van der Waals surface area contributed by atoms with Gasteiger partial charge in [-0.25, -0.2) is 0 Å². The molecule has 0 aliphatic carbocycles. The van der Waals surface area contributed by atoms with E-state index in [4.69, 9.17) is 10.3 Å². The average molecular weight is 244 g/mol. The molecule has 0 bridgehead atoms. The highest BCUT2D eigenvalue weighted by atomic mass is 32.2. The molecule has 0 aliphatic heterocycles. The standard InChI is InChI=1S/C10H16N2O3S/c1-7-4-8(13)12(15-7)9(14)5-16-6-10(2,3)11/h4H,5-6,11H2,1-3H3. The van der Waals surface area contributed by atoms with E-state index in [2.05, 4.69) is 0 Å². The largest absolute Gasteiger partial charge is 0.373 e. The lowest BCUT2D eigenvalue weighted by Gasteiger charge is -2.16. The molecule has 5 nitrogen and oxygen atoms in total. The number of nitrogens with zero attached hydrogens (tertiary/aromatic N) is 1. The zero-order valence-electron chi connectivity index (χ0n) is 9.65. The summed E-state index contributed by atoms with van der Waals surface area (Å²) < 4.78 is 5.75. The van der Waals surface area contributed by atoms with Crippen molar-refractivity contribution in [1.29, 1.82) is 0 Å². The summed E-state index contributed by atoms with van der Waals surface area (Å²) >= 11 is 1.39. The maximum absolute atomic E-state index is 11.6. The van der Waals surface area contributed by atoms with Gasteiger partial charge in [0.25, 0.3) is 11.5 Å². The minimum Gasteiger partial charge on any atom is -0.373 e. The molecule has 1 aromatic heterocycles. The van der Waals surface area contributed by atoms with Gasteiger partial charge in [-0.3, -0.25) is 9.59 Å². The lowest BCUT2D eigenvalue weighted by Crippen LogP contribution is -2.35. The molecule has 0 unspecified atom stereocenters. The third-order valence-electron chi connectivity index (χ3n) is 1.69. The summed E-state index contributed by atoms with van der Waals surface area (Å²) in [6.45, 7) is 5.39. The Bertz CT molecular complexity index is 428. The van der Waals surface area contributed by atoms with Crippen molar-refractivity contribution < 1.29 is 9.32 Å². The van der Waals surface area contributed by atoms with Gasteiger partial charge in [0.05, 0.1) is 5.75 Å². The van der Waals surface area contributed by atoms with Crippen LogP contribution in [-0.2, 0) is 0 Å². The summed E-state index contributed by atoms with van der Waals surface area (Å²) in [5.74, 6) is 0.913. The smallest absolute Gasteiger partial charge is 0.290 e. The normalized spacial score (nSPS) is 11.8. The Morgan fingerprint density at radius 3 is 2.69 bits per heavy atom. The quantitative estimate of drug-likeness (QED) is 0.850. The summed E-state index contributed by atoms with van der Waals surface area (Å²) in [7, 11) is 0. The number of carbonyl (C=O) groups is 1. The number of aromatic nitrogens is 1. The van der Waals surface area contributed by atoms with Gasteiger partial charge in [0.1, 0.15) is 5.76 Å². The van der Waals surface area contributed by atoms with Gasteiger partial charge in [-0.2, -0.15) is 0 Å². The molecule has 0 radical (unpaired) electrons. The Kier molecular flexibility index (Phi) is 3.98. The minimum atomic E-state index is -0.421. The molecule has 2 N–H and O–H groups in total. The average Bonchev–Trinajstić information content (AvgIpc) is 2.43. The van der Waals surface area contributed by atoms with Crippen LogP contribution < -0.4 is 11.3 Å². The van der Waals surface area contributed by atoms with Crippen molar-refractivity contribution in [3.63, 3.8) is 0 Å². The van der Waals surface area contributed by atoms with Crippen LogP contribution >= 0.6 is 11.8 Å². The van der Waals surface area contributed by atoms with Crippen molar-refractivity contribution in [2.24, 2.45) is 5.73 Å². The topological polar surface area (TPSA) is 78.2 Å². The Labute approximate surface area is 97.9 Å². The number of hydrogen-bond donors (Lipinski definition) is 1. The second kappa shape index (κ2) is 4.88. The summed E-state index contributed by atoms with van der Waals surface area (Å²) in [6.07, 6.45) is 0. The minimum absolute atomic E-state index is 0.188. The lowest BCUT2D eigenvalue weighted by atomic mass is 10.1. The first-order valence-corrected chi connectivity index (χ1v) is 6.05. The molecule has 0 spiro atoms. The van der Waals surface area contributed by atoms with E-state index in [1.54, 1.807) is 6.92 Å². The predicted molar refractivity (Wildman–Crippen MR) is 63.9 cm³/mol. The molecule has 90 valence electrons. The van der Waals surface area contributed by atoms with Gasteiger partial charge >= 0.3 is 0 Å². The second-order valence-electron chi connectivity index (χ2n) is 4.35. The molecule has 1 rings (SSSR count). The summed E-state index contributed by atoms with van der Waals surface area (Å²) in [5.41, 5.74) is 5.02. The Morgan fingerprint density at radius 1 is 1.62 bits per heavy atom. The van der Waals surface area contributed by atoms with Crippen LogP contribution in [0.1, 0.15) is 24.4 Å². The number of rotatable bonds is 4. The van der Waals surface area contributed by atoms with E-state index in [9.17, 15) is 9.59 Å². The highest BCUT2D eigenvalue weighted by molar-refractivity contribution is 8.00. The first-order chi connectivity index (χ1) is 7.29. The SMILES string of the molecule is Cc1cc(=O)n(C(=O)CSCC(C)(C)N)o1. The molecule has 0 aromatic carbocycles. The van der Waals surface area contributed by atoms with Crippen molar-refractivity contribution in [2.45, 2.75) is 26.3 Å². The predicted octanol–water partition coefficient (Wildman–Crippen LogP) is 0.860. The highest BCUT2D eigenvalue weighted by Crippen LogP contribution is 2.10. The van der Waals surface area contributed by atoms with E-state index < -0.39 is 5.56 Å². The van der Waals surface area contributed by atoms with Crippen molar-refractivity contribution in [3.8, 4) is 0 Å². The second-order valence-corrected chi connectivity index (χ2v) is 5.34. The van der Waals surface area contributed by atoms with E-state index in [0.29, 0.717) is 11.5 Å². The van der Waals surface area contributed by atoms with Crippen LogP contribution in [0, 0.1) is 6.92 Å². The fraction of sp³-hybridized carbons (Fsp3) is 0.600. The van der Waals surface area contributed by atoms with E-state index in [0.717, 1.165) is 4.74 Å². The molecule has 0 saturated carbocycles. The third-order valence-corrected chi connectivity index (χ3v) is 3.09. The van der Waals surface area contributed by atoms with Crippen molar-refractivity contribution in [3.05, 3.63) is 22.2 Å². The van der Waals surface area contributed by atoms with Crippen LogP contribution in [-0.4, -0.2) is 27.7 Å². The molecular formula is C10H16N2O3S. The molecule has 0 aliphatic rings. The highest BCUT2D eigenvalue weighted by Gasteiger charge is 2.15. The van der Waals surface area contributed by atoms with Gasteiger partial charge in [0.2, 0.25) is 0 Å². The Balaban J connectivity index is 2.54. The molecule has 0 fully saturated rings. The molecule has 0 saturated heterocycles. The molecule has 1 aromatic rings. The van der Waals surface area contributed by atoms with Crippen LogP contribution in [0.5, 0.6) is 0 Å².